The van der Waals surface area contributed by atoms with E-state index in [0.717, 1.165) is 24.2 Å². The first kappa shape index (κ1) is 16.2. The van der Waals surface area contributed by atoms with Gasteiger partial charge < -0.3 is 4.74 Å². The number of carbonyl (C=O) groups is 1. The molecule has 0 saturated heterocycles. The Morgan fingerprint density at radius 1 is 1.08 bits per heavy atom. The first-order valence-corrected chi connectivity index (χ1v) is 9.86. The maximum absolute atomic E-state index is 12.5. The summed E-state index contributed by atoms with van der Waals surface area (Å²) in [6.07, 6.45) is 9.82. The normalized spacial score (nSPS) is 35.0. The van der Waals surface area contributed by atoms with Crippen molar-refractivity contribution in [3.8, 4) is 5.75 Å². The third-order valence-electron chi connectivity index (χ3n) is 6.98. The van der Waals surface area contributed by atoms with Crippen molar-refractivity contribution < 1.29 is 9.53 Å². The topological polar surface area (TPSA) is 26.3 Å². The number of rotatable bonds is 5. The van der Waals surface area contributed by atoms with Crippen molar-refractivity contribution >= 4 is 5.97 Å². The Bertz CT molecular complexity index is 566. The molecule has 0 N–H and O–H groups in total. The van der Waals surface area contributed by atoms with Crippen molar-refractivity contribution in [3.05, 3.63) is 29.8 Å². The lowest BCUT2D eigenvalue weighted by atomic mass is 9.49. The van der Waals surface area contributed by atoms with E-state index in [1.54, 1.807) is 0 Å². The highest BCUT2D eigenvalue weighted by atomic mass is 16.5. The van der Waals surface area contributed by atoms with Crippen LogP contribution in [0.4, 0.5) is 0 Å². The van der Waals surface area contributed by atoms with Gasteiger partial charge in [-0.2, -0.15) is 0 Å². The van der Waals surface area contributed by atoms with Crippen molar-refractivity contribution in [3.63, 3.8) is 0 Å². The number of hydrogen-bond acceptors (Lipinski definition) is 2. The molecule has 4 aliphatic rings. The minimum absolute atomic E-state index is 0.0201. The molecule has 0 heterocycles. The standard InChI is InChI=1S/C22H30O2/c1-3-15(2)19-4-6-20(7-5-19)24-21(23)14-22-11-16-8-17(12-22)10-18(9-16)13-22/h4-7,15-18H,3,8-14H2,1-2H3. The molecule has 1 aromatic carbocycles. The van der Waals surface area contributed by atoms with E-state index in [0.29, 0.717) is 18.1 Å². The van der Waals surface area contributed by atoms with Crippen molar-refractivity contribution in [2.75, 3.05) is 0 Å². The van der Waals surface area contributed by atoms with E-state index in [9.17, 15) is 4.79 Å². The molecule has 0 aliphatic heterocycles. The van der Waals surface area contributed by atoms with Crippen LogP contribution in [0.3, 0.4) is 0 Å². The van der Waals surface area contributed by atoms with E-state index >= 15 is 0 Å². The summed E-state index contributed by atoms with van der Waals surface area (Å²) in [4.78, 5) is 12.5. The molecule has 2 heteroatoms. The van der Waals surface area contributed by atoms with Crippen LogP contribution in [-0.4, -0.2) is 5.97 Å². The summed E-state index contributed by atoms with van der Waals surface area (Å²) < 4.78 is 5.68. The van der Waals surface area contributed by atoms with Gasteiger partial charge in [-0.1, -0.05) is 26.0 Å². The van der Waals surface area contributed by atoms with Crippen LogP contribution in [0.25, 0.3) is 0 Å². The molecule has 0 spiro atoms. The largest absolute Gasteiger partial charge is 0.427 e. The van der Waals surface area contributed by atoms with E-state index in [-0.39, 0.29) is 11.4 Å². The van der Waals surface area contributed by atoms with Crippen LogP contribution >= 0.6 is 0 Å². The van der Waals surface area contributed by atoms with Gasteiger partial charge in [0.25, 0.3) is 0 Å². The molecule has 0 aromatic heterocycles. The van der Waals surface area contributed by atoms with Crippen molar-refractivity contribution in [2.24, 2.45) is 23.2 Å². The number of carbonyl (C=O) groups excluding carboxylic acids is 1. The molecular weight excluding hydrogens is 296 g/mol. The molecule has 4 bridgehead atoms. The predicted molar refractivity (Wildman–Crippen MR) is 96.0 cm³/mol. The third kappa shape index (κ3) is 3.12. The second-order valence-electron chi connectivity index (χ2n) is 8.95. The van der Waals surface area contributed by atoms with Crippen LogP contribution in [0.15, 0.2) is 24.3 Å². The van der Waals surface area contributed by atoms with Crippen LogP contribution < -0.4 is 4.74 Å². The highest BCUT2D eigenvalue weighted by molar-refractivity contribution is 5.73. The molecule has 1 unspecified atom stereocenters. The zero-order valence-electron chi connectivity index (χ0n) is 15.1. The summed E-state index contributed by atoms with van der Waals surface area (Å²) in [5.74, 6) is 3.91. The highest BCUT2D eigenvalue weighted by Crippen LogP contribution is 2.61. The van der Waals surface area contributed by atoms with Crippen LogP contribution in [0, 0.1) is 23.2 Å². The Kier molecular flexibility index (Phi) is 4.18. The second-order valence-corrected chi connectivity index (χ2v) is 8.95. The monoisotopic (exact) mass is 326 g/mol. The van der Waals surface area contributed by atoms with Gasteiger partial charge in [0.15, 0.2) is 0 Å². The smallest absolute Gasteiger partial charge is 0.311 e. The number of hydrogen-bond donors (Lipinski definition) is 0. The Morgan fingerprint density at radius 2 is 1.62 bits per heavy atom. The first-order valence-electron chi connectivity index (χ1n) is 9.86. The van der Waals surface area contributed by atoms with Crippen LogP contribution in [0.2, 0.25) is 0 Å². The average molecular weight is 326 g/mol. The lowest BCUT2D eigenvalue weighted by Crippen LogP contribution is -2.47. The number of esters is 1. The molecule has 0 amide bonds. The summed E-state index contributed by atoms with van der Waals surface area (Å²) in [6, 6.07) is 8.11. The van der Waals surface area contributed by atoms with Crippen molar-refractivity contribution in [1.29, 1.82) is 0 Å². The molecule has 4 aliphatic carbocycles. The lowest BCUT2D eigenvalue weighted by molar-refractivity contribution is -0.142. The van der Waals surface area contributed by atoms with Crippen molar-refractivity contribution in [2.45, 2.75) is 71.1 Å². The van der Waals surface area contributed by atoms with E-state index in [1.165, 1.54) is 44.1 Å². The molecule has 2 nitrogen and oxygen atoms in total. The fraction of sp³-hybridized carbons (Fsp3) is 0.682. The fourth-order valence-electron chi connectivity index (χ4n) is 6.08. The minimum Gasteiger partial charge on any atom is -0.427 e. The van der Waals surface area contributed by atoms with Gasteiger partial charge in [0.05, 0.1) is 6.42 Å². The maximum Gasteiger partial charge on any atom is 0.311 e. The maximum atomic E-state index is 12.5. The van der Waals surface area contributed by atoms with Crippen molar-refractivity contribution in [1.82, 2.24) is 0 Å². The first-order chi connectivity index (χ1) is 11.5. The van der Waals surface area contributed by atoms with Crippen LogP contribution in [-0.2, 0) is 4.79 Å². The van der Waals surface area contributed by atoms with Crippen LogP contribution in [0.5, 0.6) is 5.75 Å². The zero-order chi connectivity index (χ0) is 16.7. The van der Waals surface area contributed by atoms with Gasteiger partial charge in [-0.25, -0.2) is 0 Å². The Hall–Kier alpha value is -1.31. The molecule has 24 heavy (non-hydrogen) atoms. The molecule has 4 saturated carbocycles. The van der Waals surface area contributed by atoms with Gasteiger partial charge in [-0.15, -0.1) is 0 Å². The van der Waals surface area contributed by atoms with Gasteiger partial charge in [-0.05, 0) is 91.7 Å². The Morgan fingerprint density at radius 3 is 2.12 bits per heavy atom. The Balaban J connectivity index is 1.38. The highest BCUT2D eigenvalue weighted by Gasteiger charge is 2.51. The van der Waals surface area contributed by atoms with Gasteiger partial charge in [0, 0.05) is 0 Å². The van der Waals surface area contributed by atoms with Gasteiger partial charge in [0.2, 0.25) is 0 Å². The average Bonchev–Trinajstić information content (AvgIpc) is 2.53. The zero-order valence-corrected chi connectivity index (χ0v) is 15.1. The molecule has 1 aromatic rings. The van der Waals surface area contributed by atoms with E-state index in [4.69, 9.17) is 4.74 Å². The fourth-order valence-corrected chi connectivity index (χ4v) is 6.08. The van der Waals surface area contributed by atoms with E-state index in [1.807, 2.05) is 12.1 Å². The van der Waals surface area contributed by atoms with Crippen LogP contribution in [0.1, 0.15) is 76.7 Å². The summed E-state index contributed by atoms with van der Waals surface area (Å²) >= 11 is 0. The molecule has 0 radical (unpaired) electrons. The number of ether oxygens (including phenoxy) is 1. The summed E-state index contributed by atoms with van der Waals surface area (Å²) in [5, 5.41) is 0. The minimum atomic E-state index is -0.0201. The van der Waals surface area contributed by atoms with E-state index in [2.05, 4.69) is 26.0 Å². The molecule has 5 rings (SSSR count). The summed E-state index contributed by atoms with van der Waals surface area (Å²) in [6.45, 7) is 4.43. The molecule has 4 fully saturated rings. The quantitative estimate of drug-likeness (QED) is 0.511. The van der Waals surface area contributed by atoms with Gasteiger partial charge in [-0.3, -0.25) is 4.79 Å². The lowest BCUT2D eigenvalue weighted by Gasteiger charge is -2.56. The Labute approximate surface area is 146 Å². The molecule has 1 atom stereocenters. The molecular formula is C22H30O2. The molecule has 130 valence electrons. The summed E-state index contributed by atoms with van der Waals surface area (Å²) in [7, 11) is 0. The van der Waals surface area contributed by atoms with Gasteiger partial charge in [0.1, 0.15) is 5.75 Å². The SMILES string of the molecule is CCC(C)c1ccc(OC(=O)CC23CC4CC(CC(C4)C2)C3)cc1. The second kappa shape index (κ2) is 6.20. The third-order valence-corrected chi connectivity index (χ3v) is 6.98. The summed E-state index contributed by atoms with van der Waals surface area (Å²) in [5.41, 5.74) is 1.58. The number of benzene rings is 1. The predicted octanol–water partition coefficient (Wildman–Crippen LogP) is 5.71. The van der Waals surface area contributed by atoms with Gasteiger partial charge >= 0.3 is 5.97 Å². The van der Waals surface area contributed by atoms with E-state index < -0.39 is 0 Å².